The number of imide groups is 1. The first-order valence-electron chi connectivity index (χ1n) is 9.19. The van der Waals surface area contributed by atoms with Gasteiger partial charge in [0, 0.05) is 37.0 Å². The Morgan fingerprint density at radius 2 is 1.69 bits per heavy atom. The van der Waals surface area contributed by atoms with E-state index in [0.29, 0.717) is 49.0 Å². The van der Waals surface area contributed by atoms with E-state index in [1.54, 1.807) is 30.9 Å². The van der Waals surface area contributed by atoms with Crippen LogP contribution in [0.25, 0.3) is 0 Å². The molecule has 0 spiro atoms. The number of likely N-dealkylation sites (tertiary alicyclic amines) is 1. The third-order valence-electron chi connectivity index (χ3n) is 5.27. The summed E-state index contributed by atoms with van der Waals surface area (Å²) in [6.45, 7) is 6.52. The molecule has 0 unspecified atom stereocenters. The molecule has 6 nitrogen and oxygen atoms in total. The van der Waals surface area contributed by atoms with E-state index in [2.05, 4.69) is 0 Å². The number of nitrogens with zero attached hydrogens (tertiary/aromatic N) is 2. The lowest BCUT2D eigenvalue weighted by atomic mass is 9.91. The lowest BCUT2D eigenvalue weighted by Gasteiger charge is -2.31. The number of fused-ring (bicyclic) bond motifs is 1. The molecule has 0 bridgehead atoms. The maximum Gasteiger partial charge on any atom is 0.261 e. The summed E-state index contributed by atoms with van der Waals surface area (Å²) in [5, 5.41) is 0. The smallest absolute Gasteiger partial charge is 0.261 e. The molecule has 2 aliphatic heterocycles. The molecule has 3 amide bonds. The third kappa shape index (κ3) is 3.04. The summed E-state index contributed by atoms with van der Waals surface area (Å²) in [4.78, 5) is 52.4. The van der Waals surface area contributed by atoms with Gasteiger partial charge in [-0.25, -0.2) is 0 Å². The van der Waals surface area contributed by atoms with Gasteiger partial charge in [-0.2, -0.15) is 0 Å². The van der Waals surface area contributed by atoms with Crippen LogP contribution >= 0.6 is 0 Å². The molecule has 6 heteroatoms. The van der Waals surface area contributed by atoms with Crippen LogP contribution in [0.1, 0.15) is 71.1 Å². The Balaban J connectivity index is 1.76. The monoisotopic (exact) mass is 356 g/mol. The molecule has 26 heavy (non-hydrogen) atoms. The molecule has 1 aromatic rings. The zero-order valence-electron chi connectivity index (χ0n) is 15.4. The van der Waals surface area contributed by atoms with Crippen molar-refractivity contribution in [2.75, 3.05) is 13.1 Å². The van der Waals surface area contributed by atoms with Crippen LogP contribution in [-0.2, 0) is 4.79 Å². The summed E-state index contributed by atoms with van der Waals surface area (Å²) in [5.41, 5.74) is 1.06. The number of amides is 3. The zero-order chi connectivity index (χ0) is 19.0. The number of hydrogen-bond donors (Lipinski definition) is 0. The number of Topliss-reactive ketones (excluding diaryl/α,β-unsaturated/α-hetero) is 1. The fourth-order valence-corrected chi connectivity index (χ4v) is 3.74. The topological polar surface area (TPSA) is 74.8 Å². The van der Waals surface area contributed by atoms with Crippen LogP contribution in [0.15, 0.2) is 18.2 Å². The van der Waals surface area contributed by atoms with Gasteiger partial charge in [0.25, 0.3) is 17.7 Å². The third-order valence-corrected chi connectivity index (χ3v) is 5.27. The van der Waals surface area contributed by atoms with E-state index in [4.69, 9.17) is 0 Å². The summed E-state index contributed by atoms with van der Waals surface area (Å²) < 4.78 is 0. The van der Waals surface area contributed by atoms with Gasteiger partial charge in [0.05, 0.1) is 11.1 Å². The number of hydrogen-bond acceptors (Lipinski definition) is 4. The maximum atomic E-state index is 12.8. The molecule has 2 aliphatic rings. The highest BCUT2D eigenvalue weighted by Crippen LogP contribution is 2.27. The van der Waals surface area contributed by atoms with Crippen molar-refractivity contribution < 1.29 is 19.2 Å². The van der Waals surface area contributed by atoms with Gasteiger partial charge in [-0.15, -0.1) is 0 Å². The standard InChI is InChI=1S/C20H24N2O4/c1-4-17(23)13-7-9-21(10-8-13)18(24)14-5-6-15-16(11-14)20(26)22(12(2)3)19(15)25/h5-6,11-13H,4,7-10H2,1-3H3. The minimum atomic E-state index is -0.345. The van der Waals surface area contributed by atoms with Crippen molar-refractivity contribution in [3.63, 3.8) is 0 Å². The van der Waals surface area contributed by atoms with Crippen molar-refractivity contribution in [2.24, 2.45) is 5.92 Å². The van der Waals surface area contributed by atoms with Gasteiger partial charge in [-0.3, -0.25) is 24.1 Å². The molecule has 0 N–H and O–H groups in total. The minimum Gasteiger partial charge on any atom is -0.339 e. The van der Waals surface area contributed by atoms with Gasteiger partial charge >= 0.3 is 0 Å². The average Bonchev–Trinajstić information content (AvgIpc) is 2.90. The fraction of sp³-hybridized carbons (Fsp3) is 0.500. The predicted octanol–water partition coefficient (Wildman–Crippen LogP) is 2.52. The van der Waals surface area contributed by atoms with Crippen LogP contribution in [0, 0.1) is 5.92 Å². The summed E-state index contributed by atoms with van der Waals surface area (Å²) in [6, 6.07) is 4.48. The largest absolute Gasteiger partial charge is 0.339 e. The average molecular weight is 356 g/mol. The highest BCUT2D eigenvalue weighted by Gasteiger charge is 2.38. The lowest BCUT2D eigenvalue weighted by molar-refractivity contribution is -0.123. The van der Waals surface area contributed by atoms with Crippen LogP contribution in [0.2, 0.25) is 0 Å². The quantitative estimate of drug-likeness (QED) is 0.777. The van der Waals surface area contributed by atoms with Gasteiger partial charge in [-0.1, -0.05) is 6.92 Å². The molecule has 1 saturated heterocycles. The summed E-state index contributed by atoms with van der Waals surface area (Å²) in [5.74, 6) is -0.506. The number of piperidine rings is 1. The molecular weight excluding hydrogens is 332 g/mol. The second-order valence-corrected chi connectivity index (χ2v) is 7.22. The number of ketones is 1. The van der Waals surface area contributed by atoms with Crippen LogP contribution in [0.4, 0.5) is 0 Å². The highest BCUT2D eigenvalue weighted by molar-refractivity contribution is 6.22. The van der Waals surface area contributed by atoms with Crippen molar-refractivity contribution in [1.29, 1.82) is 0 Å². The summed E-state index contributed by atoms with van der Waals surface area (Å²) in [6.07, 6.45) is 1.90. The molecule has 138 valence electrons. The SMILES string of the molecule is CCC(=O)C1CCN(C(=O)c2ccc3c(c2)C(=O)N(C(C)C)C3=O)CC1. The van der Waals surface area contributed by atoms with Crippen LogP contribution < -0.4 is 0 Å². The molecule has 1 fully saturated rings. The molecule has 1 aromatic carbocycles. The Morgan fingerprint density at radius 3 is 2.27 bits per heavy atom. The van der Waals surface area contributed by atoms with E-state index >= 15 is 0 Å². The van der Waals surface area contributed by atoms with Crippen molar-refractivity contribution in [1.82, 2.24) is 9.80 Å². The summed E-state index contributed by atoms with van der Waals surface area (Å²) >= 11 is 0. The second-order valence-electron chi connectivity index (χ2n) is 7.22. The Bertz CT molecular complexity index is 776. The van der Waals surface area contributed by atoms with Crippen molar-refractivity contribution >= 4 is 23.5 Å². The number of rotatable bonds is 4. The van der Waals surface area contributed by atoms with E-state index in [9.17, 15) is 19.2 Å². The predicted molar refractivity (Wildman–Crippen MR) is 96.0 cm³/mol. The van der Waals surface area contributed by atoms with E-state index in [-0.39, 0.29) is 35.5 Å². The minimum absolute atomic E-state index is 0.0443. The summed E-state index contributed by atoms with van der Waals surface area (Å²) in [7, 11) is 0. The molecular formula is C20H24N2O4. The van der Waals surface area contributed by atoms with Crippen molar-refractivity contribution in [3.8, 4) is 0 Å². The maximum absolute atomic E-state index is 12.8. The Morgan fingerprint density at radius 1 is 1.08 bits per heavy atom. The van der Waals surface area contributed by atoms with Gasteiger partial charge in [0.2, 0.25) is 0 Å². The Hall–Kier alpha value is -2.50. The molecule has 0 aliphatic carbocycles. The Kier molecular flexibility index (Phi) is 4.94. The lowest BCUT2D eigenvalue weighted by Crippen LogP contribution is -2.40. The van der Waals surface area contributed by atoms with Crippen LogP contribution in [0.3, 0.4) is 0 Å². The number of carbonyl (C=O) groups excluding carboxylic acids is 4. The van der Waals surface area contributed by atoms with Gasteiger partial charge in [-0.05, 0) is 44.9 Å². The molecule has 2 heterocycles. The second kappa shape index (κ2) is 7.02. The number of carbonyl (C=O) groups is 4. The number of benzene rings is 1. The van der Waals surface area contributed by atoms with Crippen LogP contribution in [-0.4, -0.2) is 52.4 Å². The molecule has 0 atom stereocenters. The van der Waals surface area contributed by atoms with Crippen molar-refractivity contribution in [3.05, 3.63) is 34.9 Å². The van der Waals surface area contributed by atoms with Gasteiger partial charge < -0.3 is 4.90 Å². The molecule has 0 saturated carbocycles. The highest BCUT2D eigenvalue weighted by atomic mass is 16.2. The molecule has 3 rings (SSSR count). The fourth-order valence-electron chi connectivity index (χ4n) is 3.74. The first-order valence-corrected chi connectivity index (χ1v) is 9.19. The first-order chi connectivity index (χ1) is 12.3. The van der Waals surface area contributed by atoms with Crippen molar-refractivity contribution in [2.45, 2.75) is 46.1 Å². The van der Waals surface area contributed by atoms with Gasteiger partial charge in [0.15, 0.2) is 0 Å². The Labute approximate surface area is 153 Å². The van der Waals surface area contributed by atoms with E-state index in [1.165, 1.54) is 11.0 Å². The van der Waals surface area contributed by atoms with Gasteiger partial charge in [0.1, 0.15) is 5.78 Å². The van der Waals surface area contributed by atoms with E-state index in [1.807, 2.05) is 6.92 Å². The molecule has 0 radical (unpaired) electrons. The van der Waals surface area contributed by atoms with E-state index < -0.39 is 0 Å². The van der Waals surface area contributed by atoms with E-state index in [0.717, 1.165) is 0 Å². The molecule has 0 aromatic heterocycles. The normalized spacial score (nSPS) is 17.8. The van der Waals surface area contributed by atoms with Crippen LogP contribution in [0.5, 0.6) is 0 Å². The zero-order valence-corrected chi connectivity index (χ0v) is 15.4. The first kappa shape index (κ1) is 18.3.